The summed E-state index contributed by atoms with van der Waals surface area (Å²) in [7, 11) is 0. The van der Waals surface area contributed by atoms with E-state index in [1.54, 1.807) is 12.1 Å². The zero-order valence-corrected chi connectivity index (χ0v) is 9.96. The smallest absolute Gasteiger partial charge is 0.220 e. The maximum Gasteiger partial charge on any atom is 0.220 e. The molecule has 1 amide bonds. The minimum Gasteiger partial charge on any atom is -0.508 e. The molecular formula is C11H14BrNO2. The zero-order valence-electron chi connectivity index (χ0n) is 8.37. The van der Waals surface area contributed by atoms with Gasteiger partial charge in [-0.05, 0) is 24.1 Å². The van der Waals surface area contributed by atoms with Crippen LogP contribution in [-0.4, -0.2) is 22.9 Å². The average Bonchev–Trinajstić information content (AvgIpc) is 2.21. The number of nitrogens with one attached hydrogen (secondary N) is 1. The molecule has 0 atom stereocenters. The van der Waals surface area contributed by atoms with Crippen LogP contribution in [0.1, 0.15) is 12.0 Å². The highest BCUT2D eigenvalue weighted by Crippen LogP contribution is 2.09. The fourth-order valence-corrected chi connectivity index (χ4v) is 1.54. The molecule has 0 saturated carbocycles. The van der Waals surface area contributed by atoms with E-state index in [2.05, 4.69) is 21.2 Å². The van der Waals surface area contributed by atoms with Gasteiger partial charge in [0.25, 0.3) is 0 Å². The van der Waals surface area contributed by atoms with E-state index in [0.717, 1.165) is 12.0 Å². The van der Waals surface area contributed by atoms with Gasteiger partial charge in [-0.3, -0.25) is 4.79 Å². The molecule has 0 saturated heterocycles. The molecule has 0 unspecified atom stereocenters. The highest BCUT2D eigenvalue weighted by atomic mass is 79.9. The van der Waals surface area contributed by atoms with Gasteiger partial charge < -0.3 is 10.4 Å². The fraction of sp³-hybridized carbons (Fsp3) is 0.364. The summed E-state index contributed by atoms with van der Waals surface area (Å²) in [6.45, 7) is 0.636. The second kappa shape index (κ2) is 6.45. The summed E-state index contributed by atoms with van der Waals surface area (Å²) in [5.74, 6) is 0.327. The molecule has 0 fully saturated rings. The first kappa shape index (κ1) is 12.0. The van der Waals surface area contributed by atoms with Crippen LogP contribution in [0.4, 0.5) is 0 Å². The number of aromatic hydroxyl groups is 1. The summed E-state index contributed by atoms with van der Waals surface area (Å²) in [6, 6.07) is 7.00. The number of phenols is 1. The van der Waals surface area contributed by atoms with Crippen molar-refractivity contribution in [2.45, 2.75) is 12.8 Å². The van der Waals surface area contributed by atoms with Gasteiger partial charge in [0.2, 0.25) is 5.91 Å². The minimum atomic E-state index is 0.0608. The molecule has 1 rings (SSSR count). The first-order chi connectivity index (χ1) is 7.22. The Morgan fingerprint density at radius 3 is 2.60 bits per heavy atom. The lowest BCUT2D eigenvalue weighted by Crippen LogP contribution is -2.25. The van der Waals surface area contributed by atoms with Crippen LogP contribution < -0.4 is 5.32 Å². The normalized spacial score (nSPS) is 9.93. The van der Waals surface area contributed by atoms with E-state index in [9.17, 15) is 4.79 Å². The van der Waals surface area contributed by atoms with Crippen LogP contribution in [0.3, 0.4) is 0 Å². The van der Waals surface area contributed by atoms with E-state index in [1.807, 2.05) is 12.1 Å². The van der Waals surface area contributed by atoms with Crippen LogP contribution in [0.15, 0.2) is 24.3 Å². The Labute approximate surface area is 97.6 Å². The Hall–Kier alpha value is -1.03. The Bertz CT molecular complexity index is 311. The molecule has 0 aliphatic rings. The molecule has 15 heavy (non-hydrogen) atoms. The Morgan fingerprint density at radius 2 is 2.00 bits per heavy atom. The van der Waals surface area contributed by atoms with Gasteiger partial charge in [-0.15, -0.1) is 0 Å². The summed E-state index contributed by atoms with van der Waals surface area (Å²) in [6.07, 6.45) is 1.30. The van der Waals surface area contributed by atoms with Gasteiger partial charge in [-0.2, -0.15) is 0 Å². The van der Waals surface area contributed by atoms with Crippen molar-refractivity contribution in [2.24, 2.45) is 0 Å². The molecule has 1 aromatic carbocycles. The number of alkyl halides is 1. The average molecular weight is 272 g/mol. The standard InChI is InChI=1S/C11H14BrNO2/c12-7-5-11(15)13-8-6-9-1-3-10(14)4-2-9/h1-4,14H,5-8H2,(H,13,15). The molecule has 0 heterocycles. The van der Waals surface area contributed by atoms with Gasteiger partial charge in [-0.25, -0.2) is 0 Å². The molecule has 0 spiro atoms. The van der Waals surface area contributed by atoms with Gasteiger partial charge in [0.1, 0.15) is 5.75 Å². The molecule has 2 N–H and O–H groups in total. The van der Waals surface area contributed by atoms with Crippen molar-refractivity contribution in [1.29, 1.82) is 0 Å². The summed E-state index contributed by atoms with van der Waals surface area (Å²) in [5, 5.41) is 12.6. The largest absolute Gasteiger partial charge is 0.508 e. The lowest BCUT2D eigenvalue weighted by atomic mass is 10.1. The molecule has 0 aromatic heterocycles. The first-order valence-electron chi connectivity index (χ1n) is 4.83. The van der Waals surface area contributed by atoms with Crippen molar-refractivity contribution in [2.75, 3.05) is 11.9 Å². The van der Waals surface area contributed by atoms with Crippen molar-refractivity contribution < 1.29 is 9.90 Å². The predicted octanol–water partition coefficient (Wildman–Crippen LogP) is 1.84. The minimum absolute atomic E-state index is 0.0608. The van der Waals surface area contributed by atoms with Crippen LogP contribution in [0, 0.1) is 0 Å². The second-order valence-corrected chi connectivity index (χ2v) is 4.00. The van der Waals surface area contributed by atoms with Gasteiger partial charge in [0, 0.05) is 18.3 Å². The van der Waals surface area contributed by atoms with Crippen LogP contribution in [-0.2, 0) is 11.2 Å². The molecule has 4 heteroatoms. The first-order valence-corrected chi connectivity index (χ1v) is 5.95. The molecule has 3 nitrogen and oxygen atoms in total. The van der Waals surface area contributed by atoms with Crippen molar-refractivity contribution in [3.8, 4) is 5.75 Å². The Morgan fingerprint density at radius 1 is 1.33 bits per heavy atom. The van der Waals surface area contributed by atoms with Crippen LogP contribution in [0.25, 0.3) is 0 Å². The van der Waals surface area contributed by atoms with Crippen LogP contribution in [0.5, 0.6) is 5.75 Å². The van der Waals surface area contributed by atoms with E-state index < -0.39 is 0 Å². The number of carbonyl (C=O) groups is 1. The molecular weight excluding hydrogens is 258 g/mol. The topological polar surface area (TPSA) is 49.3 Å². The van der Waals surface area contributed by atoms with Crippen LogP contribution in [0.2, 0.25) is 0 Å². The molecule has 0 radical (unpaired) electrons. The van der Waals surface area contributed by atoms with Crippen LogP contribution >= 0.6 is 15.9 Å². The van der Waals surface area contributed by atoms with E-state index in [4.69, 9.17) is 5.11 Å². The van der Waals surface area contributed by atoms with Gasteiger partial charge in [-0.1, -0.05) is 28.1 Å². The lowest BCUT2D eigenvalue weighted by Gasteiger charge is -2.04. The van der Waals surface area contributed by atoms with E-state index in [-0.39, 0.29) is 11.7 Å². The highest BCUT2D eigenvalue weighted by Gasteiger charge is 1.99. The Kier molecular flexibility index (Phi) is 5.18. The number of benzene rings is 1. The van der Waals surface area contributed by atoms with Crippen molar-refractivity contribution in [1.82, 2.24) is 5.32 Å². The van der Waals surface area contributed by atoms with Crippen molar-refractivity contribution in [3.05, 3.63) is 29.8 Å². The quantitative estimate of drug-likeness (QED) is 0.803. The van der Waals surface area contributed by atoms with Crippen molar-refractivity contribution in [3.63, 3.8) is 0 Å². The number of amides is 1. The third-order valence-electron chi connectivity index (χ3n) is 1.99. The molecule has 0 bridgehead atoms. The van der Waals surface area contributed by atoms with Gasteiger partial charge >= 0.3 is 0 Å². The van der Waals surface area contributed by atoms with Crippen molar-refractivity contribution >= 4 is 21.8 Å². The maximum atomic E-state index is 11.1. The van der Waals surface area contributed by atoms with E-state index >= 15 is 0 Å². The van der Waals surface area contributed by atoms with E-state index in [1.165, 1.54) is 0 Å². The Balaban J connectivity index is 2.26. The van der Waals surface area contributed by atoms with E-state index in [0.29, 0.717) is 18.3 Å². The lowest BCUT2D eigenvalue weighted by molar-refractivity contribution is -0.120. The maximum absolute atomic E-state index is 11.1. The fourth-order valence-electron chi connectivity index (χ4n) is 1.18. The molecule has 0 aliphatic heterocycles. The number of hydrogen-bond acceptors (Lipinski definition) is 2. The number of phenolic OH excluding ortho intramolecular Hbond substituents is 1. The molecule has 82 valence electrons. The van der Waals surface area contributed by atoms with Gasteiger partial charge in [0.05, 0.1) is 0 Å². The number of halogens is 1. The van der Waals surface area contributed by atoms with Gasteiger partial charge in [0.15, 0.2) is 0 Å². The molecule has 1 aromatic rings. The number of rotatable bonds is 5. The third kappa shape index (κ3) is 4.83. The highest BCUT2D eigenvalue weighted by molar-refractivity contribution is 9.09. The summed E-state index contributed by atoms with van der Waals surface area (Å²) in [4.78, 5) is 11.1. The summed E-state index contributed by atoms with van der Waals surface area (Å²) < 4.78 is 0. The number of carbonyl (C=O) groups excluding carboxylic acids is 1. The number of hydrogen-bond donors (Lipinski definition) is 2. The summed E-state index contributed by atoms with van der Waals surface area (Å²) >= 11 is 3.21. The summed E-state index contributed by atoms with van der Waals surface area (Å²) in [5.41, 5.74) is 1.10. The second-order valence-electron chi connectivity index (χ2n) is 3.21. The monoisotopic (exact) mass is 271 g/mol. The third-order valence-corrected chi connectivity index (χ3v) is 2.39. The SMILES string of the molecule is O=C(CCBr)NCCc1ccc(O)cc1. The molecule has 0 aliphatic carbocycles. The zero-order chi connectivity index (χ0) is 11.1. The predicted molar refractivity (Wildman–Crippen MR) is 63.2 cm³/mol.